The molecule has 1 aromatic carbocycles. The average molecular weight is 252 g/mol. The fourth-order valence-corrected chi connectivity index (χ4v) is 2.41. The van der Waals surface area contributed by atoms with Gasteiger partial charge in [0.2, 0.25) is 0 Å². The molecule has 0 saturated carbocycles. The summed E-state index contributed by atoms with van der Waals surface area (Å²) in [6.07, 6.45) is 2.24. The number of carbonyl (C=O) groups is 1. The highest BCUT2D eigenvalue weighted by Gasteiger charge is 2.29. The standard InChI is InChI=1S/C14H17FO3/c15-12-5-3-10(4-6-12)8-13(14(16)17)11-2-1-7-18-9-11/h3-6,11,13H,1-2,7-9H2,(H,16,17). The molecule has 0 spiro atoms. The van der Waals surface area contributed by atoms with E-state index >= 15 is 0 Å². The van der Waals surface area contributed by atoms with Crippen LogP contribution in [-0.4, -0.2) is 24.3 Å². The quantitative estimate of drug-likeness (QED) is 0.895. The largest absolute Gasteiger partial charge is 0.481 e. The third-order valence-corrected chi connectivity index (χ3v) is 3.45. The zero-order valence-electron chi connectivity index (χ0n) is 10.1. The van der Waals surface area contributed by atoms with E-state index in [0.717, 1.165) is 25.0 Å². The molecule has 0 aliphatic carbocycles. The fraction of sp³-hybridized carbons (Fsp3) is 0.500. The van der Waals surface area contributed by atoms with E-state index in [-0.39, 0.29) is 11.7 Å². The van der Waals surface area contributed by atoms with Crippen molar-refractivity contribution in [1.82, 2.24) is 0 Å². The molecule has 1 fully saturated rings. The second-order valence-electron chi connectivity index (χ2n) is 4.75. The summed E-state index contributed by atoms with van der Waals surface area (Å²) in [6, 6.07) is 6.03. The van der Waals surface area contributed by atoms with Crippen molar-refractivity contribution in [3.8, 4) is 0 Å². The normalized spacial score (nSPS) is 21.5. The Morgan fingerprint density at radius 2 is 2.17 bits per heavy atom. The van der Waals surface area contributed by atoms with Gasteiger partial charge in [-0.05, 0) is 42.9 Å². The first-order valence-corrected chi connectivity index (χ1v) is 6.22. The number of hydrogen-bond acceptors (Lipinski definition) is 2. The van der Waals surface area contributed by atoms with Crippen LogP contribution in [0.4, 0.5) is 4.39 Å². The molecule has 0 bridgehead atoms. The minimum atomic E-state index is -0.796. The van der Waals surface area contributed by atoms with E-state index in [0.29, 0.717) is 13.0 Å². The molecule has 4 heteroatoms. The zero-order valence-corrected chi connectivity index (χ0v) is 10.1. The number of carboxylic acids is 1. The lowest BCUT2D eigenvalue weighted by Crippen LogP contribution is -2.32. The summed E-state index contributed by atoms with van der Waals surface area (Å²) in [5, 5.41) is 9.31. The van der Waals surface area contributed by atoms with Gasteiger partial charge in [-0.1, -0.05) is 12.1 Å². The number of hydrogen-bond donors (Lipinski definition) is 1. The molecule has 0 radical (unpaired) electrons. The molecule has 1 heterocycles. The van der Waals surface area contributed by atoms with Crippen LogP contribution in [0.2, 0.25) is 0 Å². The Kier molecular flexibility index (Phi) is 4.31. The Labute approximate surface area is 106 Å². The molecule has 2 unspecified atom stereocenters. The van der Waals surface area contributed by atoms with Crippen molar-refractivity contribution in [1.29, 1.82) is 0 Å². The van der Waals surface area contributed by atoms with Crippen molar-refractivity contribution in [2.45, 2.75) is 19.3 Å². The van der Waals surface area contributed by atoms with Crippen LogP contribution in [0.5, 0.6) is 0 Å². The molecule has 1 saturated heterocycles. The maximum atomic E-state index is 12.8. The Bertz CT molecular complexity index is 396. The summed E-state index contributed by atoms with van der Waals surface area (Å²) in [6.45, 7) is 1.23. The van der Waals surface area contributed by atoms with Gasteiger partial charge < -0.3 is 9.84 Å². The van der Waals surface area contributed by atoms with Gasteiger partial charge in [0, 0.05) is 6.61 Å². The highest BCUT2D eigenvalue weighted by molar-refractivity contribution is 5.70. The van der Waals surface area contributed by atoms with E-state index in [9.17, 15) is 14.3 Å². The van der Waals surface area contributed by atoms with Gasteiger partial charge in [-0.3, -0.25) is 4.79 Å². The number of carboxylic acid groups (broad SMARTS) is 1. The molecule has 2 atom stereocenters. The molecule has 1 aliphatic heterocycles. The molecule has 1 aliphatic rings. The minimum Gasteiger partial charge on any atom is -0.481 e. The molecular weight excluding hydrogens is 235 g/mol. The summed E-state index contributed by atoms with van der Waals surface area (Å²) in [5.41, 5.74) is 0.856. The topological polar surface area (TPSA) is 46.5 Å². The predicted octanol–water partition coefficient (Wildman–Crippen LogP) is 2.50. The van der Waals surface area contributed by atoms with Crippen molar-refractivity contribution in [3.63, 3.8) is 0 Å². The van der Waals surface area contributed by atoms with Gasteiger partial charge in [0.25, 0.3) is 0 Å². The number of rotatable bonds is 4. The Morgan fingerprint density at radius 3 is 2.72 bits per heavy atom. The second-order valence-corrected chi connectivity index (χ2v) is 4.75. The van der Waals surface area contributed by atoms with Gasteiger partial charge in [0.1, 0.15) is 5.82 Å². The number of aliphatic carboxylic acids is 1. The molecule has 1 aromatic rings. The van der Waals surface area contributed by atoms with Crippen molar-refractivity contribution in [2.75, 3.05) is 13.2 Å². The smallest absolute Gasteiger partial charge is 0.307 e. The lowest BCUT2D eigenvalue weighted by atomic mass is 9.83. The predicted molar refractivity (Wildman–Crippen MR) is 64.8 cm³/mol. The summed E-state index contributed by atoms with van der Waals surface area (Å²) < 4.78 is 18.1. The average Bonchev–Trinajstić information content (AvgIpc) is 2.38. The van der Waals surface area contributed by atoms with Crippen LogP contribution in [0.1, 0.15) is 18.4 Å². The second kappa shape index (κ2) is 5.96. The first-order valence-electron chi connectivity index (χ1n) is 6.22. The monoisotopic (exact) mass is 252 g/mol. The third kappa shape index (κ3) is 3.29. The molecule has 3 nitrogen and oxygen atoms in total. The first kappa shape index (κ1) is 13.0. The van der Waals surface area contributed by atoms with E-state index < -0.39 is 11.9 Å². The van der Waals surface area contributed by atoms with E-state index in [4.69, 9.17) is 4.74 Å². The van der Waals surface area contributed by atoms with Crippen LogP contribution < -0.4 is 0 Å². The van der Waals surface area contributed by atoms with Gasteiger partial charge in [-0.25, -0.2) is 4.39 Å². The Morgan fingerprint density at radius 1 is 1.44 bits per heavy atom. The molecule has 0 aromatic heterocycles. The van der Waals surface area contributed by atoms with E-state index in [1.165, 1.54) is 12.1 Å². The number of ether oxygens (including phenoxy) is 1. The molecule has 1 N–H and O–H groups in total. The van der Waals surface area contributed by atoms with Gasteiger partial charge in [-0.15, -0.1) is 0 Å². The van der Waals surface area contributed by atoms with Crippen LogP contribution in [0.25, 0.3) is 0 Å². The van der Waals surface area contributed by atoms with Crippen molar-refractivity contribution in [2.24, 2.45) is 11.8 Å². The third-order valence-electron chi connectivity index (χ3n) is 3.45. The van der Waals surface area contributed by atoms with Crippen LogP contribution in [0.3, 0.4) is 0 Å². The van der Waals surface area contributed by atoms with Gasteiger partial charge in [-0.2, -0.15) is 0 Å². The summed E-state index contributed by atoms with van der Waals surface area (Å²) >= 11 is 0. The zero-order chi connectivity index (χ0) is 13.0. The Hall–Kier alpha value is -1.42. The number of halogens is 1. The fourth-order valence-electron chi connectivity index (χ4n) is 2.41. The van der Waals surface area contributed by atoms with E-state index in [2.05, 4.69) is 0 Å². The van der Waals surface area contributed by atoms with Crippen molar-refractivity contribution in [3.05, 3.63) is 35.6 Å². The highest BCUT2D eigenvalue weighted by Crippen LogP contribution is 2.26. The van der Waals surface area contributed by atoms with Gasteiger partial charge in [0.05, 0.1) is 12.5 Å². The minimum absolute atomic E-state index is 0.0568. The Balaban J connectivity index is 2.05. The summed E-state index contributed by atoms with van der Waals surface area (Å²) in [5.74, 6) is -1.49. The SMILES string of the molecule is O=C(O)C(Cc1ccc(F)cc1)C1CCCOC1. The van der Waals surface area contributed by atoms with Crippen molar-refractivity contribution < 1.29 is 19.0 Å². The maximum Gasteiger partial charge on any atom is 0.307 e. The number of benzene rings is 1. The molecule has 18 heavy (non-hydrogen) atoms. The first-order chi connectivity index (χ1) is 8.66. The van der Waals surface area contributed by atoms with Crippen LogP contribution in [-0.2, 0) is 16.0 Å². The summed E-state index contributed by atoms with van der Waals surface area (Å²) in [7, 11) is 0. The maximum absolute atomic E-state index is 12.8. The van der Waals surface area contributed by atoms with Crippen LogP contribution in [0, 0.1) is 17.7 Å². The van der Waals surface area contributed by atoms with E-state index in [1.54, 1.807) is 12.1 Å². The summed E-state index contributed by atoms with van der Waals surface area (Å²) in [4.78, 5) is 11.3. The van der Waals surface area contributed by atoms with Crippen molar-refractivity contribution >= 4 is 5.97 Å². The molecular formula is C14H17FO3. The molecule has 0 amide bonds. The highest BCUT2D eigenvalue weighted by atomic mass is 19.1. The lowest BCUT2D eigenvalue weighted by molar-refractivity contribution is -0.145. The van der Waals surface area contributed by atoms with E-state index in [1.807, 2.05) is 0 Å². The lowest BCUT2D eigenvalue weighted by Gasteiger charge is -2.27. The van der Waals surface area contributed by atoms with Gasteiger partial charge in [0.15, 0.2) is 0 Å². The molecule has 98 valence electrons. The van der Waals surface area contributed by atoms with Crippen LogP contribution in [0.15, 0.2) is 24.3 Å². The van der Waals surface area contributed by atoms with Crippen LogP contribution >= 0.6 is 0 Å². The molecule has 2 rings (SSSR count). The van der Waals surface area contributed by atoms with Gasteiger partial charge >= 0.3 is 5.97 Å².